The minimum absolute atomic E-state index is 0.0124. The Morgan fingerprint density at radius 3 is 2.28 bits per heavy atom. The molecule has 174 valence electrons. The van der Waals surface area contributed by atoms with Gasteiger partial charge in [0.15, 0.2) is 23.0 Å². The van der Waals surface area contributed by atoms with Crippen molar-refractivity contribution in [3.8, 4) is 23.0 Å². The van der Waals surface area contributed by atoms with Crippen LogP contribution in [0.1, 0.15) is 60.8 Å². The predicted octanol–water partition coefficient (Wildman–Crippen LogP) is 3.84. The summed E-state index contributed by atoms with van der Waals surface area (Å²) in [6.07, 6.45) is 0.939. The second kappa shape index (κ2) is 10.1. The second-order valence-corrected chi connectivity index (χ2v) is 8.37. The number of nitrogens with one attached hydrogen (secondary N) is 1. The number of ether oxygens (including phenoxy) is 4. The van der Waals surface area contributed by atoms with Crippen molar-refractivity contribution in [2.24, 2.45) is 0 Å². The van der Waals surface area contributed by atoms with Crippen LogP contribution in [0.25, 0.3) is 0 Å². The molecule has 0 saturated carbocycles. The van der Waals surface area contributed by atoms with E-state index in [-0.39, 0.29) is 30.8 Å². The molecular weight excluding hydrogens is 410 g/mol. The van der Waals surface area contributed by atoms with Crippen LogP contribution >= 0.6 is 0 Å². The molecule has 1 heterocycles. The van der Waals surface area contributed by atoms with E-state index in [1.54, 1.807) is 14.2 Å². The van der Waals surface area contributed by atoms with Crippen LogP contribution in [0.15, 0.2) is 24.3 Å². The lowest BCUT2D eigenvalue weighted by molar-refractivity contribution is 0.0919. The summed E-state index contributed by atoms with van der Waals surface area (Å²) in [6.45, 7) is 7.74. The van der Waals surface area contributed by atoms with Crippen molar-refractivity contribution in [2.75, 3.05) is 20.8 Å². The summed E-state index contributed by atoms with van der Waals surface area (Å²) in [5, 5.41) is 12.7. The Balaban J connectivity index is 2.05. The van der Waals surface area contributed by atoms with Gasteiger partial charge in [-0.3, -0.25) is 4.79 Å². The number of methoxy groups -OCH3 is 2. The van der Waals surface area contributed by atoms with Gasteiger partial charge >= 0.3 is 0 Å². The van der Waals surface area contributed by atoms with Crippen molar-refractivity contribution in [3.63, 3.8) is 0 Å². The van der Waals surface area contributed by atoms with Crippen LogP contribution < -0.4 is 24.3 Å². The number of benzene rings is 2. The number of amides is 1. The van der Waals surface area contributed by atoms with Gasteiger partial charge in [0.1, 0.15) is 0 Å². The SMILES string of the molecule is COc1cc(CCO)c([C@@H]2Cc3ccc(OC(C)C)c(OC)c3C(=O)N2)cc1OC(C)C. The third-order valence-corrected chi connectivity index (χ3v) is 5.28. The lowest BCUT2D eigenvalue weighted by Crippen LogP contribution is -2.36. The van der Waals surface area contributed by atoms with Gasteiger partial charge < -0.3 is 29.4 Å². The zero-order valence-electron chi connectivity index (χ0n) is 19.7. The van der Waals surface area contributed by atoms with Crippen LogP contribution in [0.3, 0.4) is 0 Å². The monoisotopic (exact) mass is 443 g/mol. The highest BCUT2D eigenvalue weighted by Crippen LogP contribution is 2.41. The van der Waals surface area contributed by atoms with Crippen LogP contribution in [0.5, 0.6) is 23.0 Å². The third-order valence-electron chi connectivity index (χ3n) is 5.28. The number of carbonyl (C=O) groups is 1. The van der Waals surface area contributed by atoms with E-state index in [1.807, 2.05) is 52.0 Å². The van der Waals surface area contributed by atoms with Gasteiger partial charge in [0.25, 0.3) is 5.91 Å². The molecular formula is C25H33NO6. The molecule has 0 unspecified atom stereocenters. The molecule has 3 rings (SSSR count). The highest BCUT2D eigenvalue weighted by Gasteiger charge is 2.32. The number of rotatable bonds is 9. The van der Waals surface area contributed by atoms with Crippen molar-refractivity contribution in [1.29, 1.82) is 0 Å². The number of hydrogen-bond donors (Lipinski definition) is 2. The summed E-state index contributed by atoms with van der Waals surface area (Å²) in [5.41, 5.74) is 3.18. The van der Waals surface area contributed by atoms with E-state index in [9.17, 15) is 9.90 Å². The van der Waals surface area contributed by atoms with E-state index >= 15 is 0 Å². The first kappa shape index (κ1) is 23.7. The highest BCUT2D eigenvalue weighted by molar-refractivity contribution is 6.00. The Hall–Kier alpha value is -2.93. The van der Waals surface area contributed by atoms with Crippen molar-refractivity contribution in [3.05, 3.63) is 46.5 Å². The minimum atomic E-state index is -0.279. The van der Waals surface area contributed by atoms with Crippen molar-refractivity contribution < 1.29 is 28.8 Å². The Morgan fingerprint density at radius 1 is 1.00 bits per heavy atom. The molecule has 7 heteroatoms. The molecule has 2 aromatic rings. The summed E-state index contributed by atoms with van der Waals surface area (Å²) in [7, 11) is 3.13. The number of aliphatic hydroxyl groups is 1. The maximum atomic E-state index is 13.2. The molecule has 0 bridgehead atoms. The van der Waals surface area contributed by atoms with E-state index in [2.05, 4.69) is 5.32 Å². The molecule has 0 spiro atoms. The van der Waals surface area contributed by atoms with Gasteiger partial charge in [0, 0.05) is 6.61 Å². The molecule has 0 radical (unpaired) electrons. The highest BCUT2D eigenvalue weighted by atomic mass is 16.5. The van der Waals surface area contributed by atoms with E-state index in [0.29, 0.717) is 41.4 Å². The summed E-state index contributed by atoms with van der Waals surface area (Å²) in [4.78, 5) is 13.2. The number of carbonyl (C=O) groups excluding carboxylic acids is 1. The molecule has 1 aliphatic rings. The van der Waals surface area contributed by atoms with Gasteiger partial charge in [-0.1, -0.05) is 6.07 Å². The summed E-state index contributed by atoms with van der Waals surface area (Å²) in [6, 6.07) is 7.28. The minimum Gasteiger partial charge on any atom is -0.493 e. The molecule has 0 fully saturated rings. The Bertz CT molecular complexity index is 969. The fourth-order valence-corrected chi connectivity index (χ4v) is 4.05. The molecule has 2 aromatic carbocycles. The zero-order valence-corrected chi connectivity index (χ0v) is 19.7. The molecule has 0 saturated heterocycles. The smallest absolute Gasteiger partial charge is 0.255 e. The van der Waals surface area contributed by atoms with Gasteiger partial charge in [0.2, 0.25) is 0 Å². The predicted molar refractivity (Wildman–Crippen MR) is 122 cm³/mol. The van der Waals surface area contributed by atoms with Gasteiger partial charge in [-0.25, -0.2) is 0 Å². The Labute approximate surface area is 189 Å². The van der Waals surface area contributed by atoms with Crippen LogP contribution in [-0.4, -0.2) is 44.0 Å². The van der Waals surface area contributed by atoms with Gasteiger partial charge in [-0.05, 0) is 75.4 Å². The molecule has 0 aromatic heterocycles. The lowest BCUT2D eigenvalue weighted by atomic mass is 9.87. The quantitative estimate of drug-likeness (QED) is 0.612. The molecule has 2 N–H and O–H groups in total. The Morgan fingerprint density at radius 2 is 1.69 bits per heavy atom. The summed E-state index contributed by atoms with van der Waals surface area (Å²) < 4.78 is 22.8. The lowest BCUT2D eigenvalue weighted by Gasteiger charge is -2.30. The molecule has 1 aliphatic heterocycles. The normalized spacial score (nSPS) is 15.4. The number of hydrogen-bond acceptors (Lipinski definition) is 6. The topological polar surface area (TPSA) is 86.3 Å². The van der Waals surface area contributed by atoms with Gasteiger partial charge in [-0.15, -0.1) is 0 Å². The fourth-order valence-electron chi connectivity index (χ4n) is 4.05. The standard InChI is InChI=1S/C25H33NO6/c1-14(2)31-20-8-7-17-11-19(26-25(28)23(17)24(20)30-6)18-13-22(32-15(3)4)21(29-5)12-16(18)9-10-27/h7-8,12-15,19,27H,9-11H2,1-6H3,(H,26,28)/t19-/m0/s1. The van der Waals surface area contributed by atoms with Crippen LogP contribution in [-0.2, 0) is 12.8 Å². The number of aliphatic hydroxyl groups excluding tert-OH is 1. The third kappa shape index (κ3) is 4.93. The van der Waals surface area contributed by atoms with Crippen LogP contribution in [0.4, 0.5) is 0 Å². The van der Waals surface area contributed by atoms with E-state index in [4.69, 9.17) is 18.9 Å². The largest absolute Gasteiger partial charge is 0.493 e. The summed E-state index contributed by atoms with van der Waals surface area (Å²) >= 11 is 0. The van der Waals surface area contributed by atoms with Gasteiger partial charge in [-0.2, -0.15) is 0 Å². The van der Waals surface area contributed by atoms with Crippen LogP contribution in [0, 0.1) is 0 Å². The first-order chi connectivity index (χ1) is 15.3. The first-order valence-electron chi connectivity index (χ1n) is 10.9. The van der Waals surface area contributed by atoms with E-state index < -0.39 is 0 Å². The number of fused-ring (bicyclic) bond motifs is 1. The van der Waals surface area contributed by atoms with Crippen LogP contribution in [0.2, 0.25) is 0 Å². The first-order valence-corrected chi connectivity index (χ1v) is 10.9. The van der Waals surface area contributed by atoms with E-state index in [1.165, 1.54) is 0 Å². The fraction of sp³-hybridized carbons (Fsp3) is 0.480. The maximum Gasteiger partial charge on any atom is 0.255 e. The summed E-state index contributed by atoms with van der Waals surface area (Å²) in [5.74, 6) is 1.98. The Kier molecular flexibility index (Phi) is 7.51. The van der Waals surface area contributed by atoms with Crippen molar-refractivity contribution in [1.82, 2.24) is 5.32 Å². The van der Waals surface area contributed by atoms with Crippen molar-refractivity contribution >= 4 is 5.91 Å². The average Bonchev–Trinajstić information content (AvgIpc) is 2.73. The molecule has 7 nitrogen and oxygen atoms in total. The molecule has 1 atom stereocenters. The zero-order chi connectivity index (χ0) is 23.4. The van der Waals surface area contributed by atoms with Gasteiger partial charge in [0.05, 0.1) is 38.0 Å². The van der Waals surface area contributed by atoms with Crippen molar-refractivity contribution in [2.45, 2.75) is 58.8 Å². The van der Waals surface area contributed by atoms with E-state index in [0.717, 1.165) is 16.7 Å². The molecule has 0 aliphatic carbocycles. The second-order valence-electron chi connectivity index (χ2n) is 8.37. The average molecular weight is 444 g/mol. The maximum absolute atomic E-state index is 13.2. The molecule has 1 amide bonds. The molecule has 32 heavy (non-hydrogen) atoms.